The van der Waals surface area contributed by atoms with E-state index in [1.165, 1.54) is 0 Å². The van der Waals surface area contributed by atoms with E-state index in [-0.39, 0.29) is 11.4 Å². The second kappa shape index (κ2) is 6.87. The molecule has 0 saturated heterocycles. The van der Waals surface area contributed by atoms with Crippen LogP contribution in [0, 0.1) is 18.8 Å². The molecule has 0 saturated carbocycles. The Hall–Kier alpha value is -1.65. The van der Waals surface area contributed by atoms with Crippen LogP contribution in [0.5, 0.6) is 0 Å². The van der Waals surface area contributed by atoms with Crippen LogP contribution in [0.2, 0.25) is 0 Å². The van der Waals surface area contributed by atoms with E-state index in [1.807, 2.05) is 17.7 Å². The van der Waals surface area contributed by atoms with Gasteiger partial charge in [0.1, 0.15) is 0 Å². The highest BCUT2D eigenvalue weighted by atomic mass is 32.2. The van der Waals surface area contributed by atoms with E-state index in [4.69, 9.17) is 5.73 Å². The van der Waals surface area contributed by atoms with Crippen LogP contribution in [0.1, 0.15) is 16.7 Å². The molecule has 4 nitrogen and oxygen atoms in total. The molecule has 0 aliphatic rings. The van der Waals surface area contributed by atoms with Gasteiger partial charge in [-0.15, -0.1) is 0 Å². The van der Waals surface area contributed by atoms with Crippen molar-refractivity contribution in [1.82, 2.24) is 4.72 Å². The number of hydrogen-bond acceptors (Lipinski definition) is 4. The Labute approximate surface area is 129 Å². The number of aryl methyl sites for hydroxylation is 1. The van der Waals surface area contributed by atoms with Gasteiger partial charge in [0.05, 0.1) is 11.4 Å². The predicted octanol–water partition coefficient (Wildman–Crippen LogP) is 1.85. The predicted molar refractivity (Wildman–Crippen MR) is 85.5 cm³/mol. The molecule has 0 aliphatic heterocycles. The lowest BCUT2D eigenvalue weighted by atomic mass is 10.2. The monoisotopic (exact) mass is 320 g/mol. The first kappa shape index (κ1) is 15.7. The highest BCUT2D eigenvalue weighted by molar-refractivity contribution is 7.89. The highest BCUT2D eigenvalue weighted by Crippen LogP contribution is 2.15. The van der Waals surface area contributed by atoms with Crippen molar-refractivity contribution in [3.05, 3.63) is 51.7 Å². The number of nitrogens with two attached hydrogens (primary N) is 1. The van der Waals surface area contributed by atoms with Crippen LogP contribution in [-0.2, 0) is 16.6 Å². The molecule has 1 heterocycles. The summed E-state index contributed by atoms with van der Waals surface area (Å²) in [5, 5.41) is 3.94. The average molecular weight is 320 g/mol. The summed E-state index contributed by atoms with van der Waals surface area (Å²) in [6.45, 7) is 2.54. The van der Waals surface area contributed by atoms with Crippen LogP contribution >= 0.6 is 11.3 Å². The molecule has 110 valence electrons. The van der Waals surface area contributed by atoms with Crippen molar-refractivity contribution in [2.75, 3.05) is 6.54 Å². The maximum atomic E-state index is 12.2. The quantitative estimate of drug-likeness (QED) is 0.845. The molecule has 0 radical (unpaired) electrons. The Kier molecular flexibility index (Phi) is 5.15. The van der Waals surface area contributed by atoms with Crippen molar-refractivity contribution in [3.8, 4) is 11.8 Å². The molecule has 2 aromatic rings. The zero-order valence-electron chi connectivity index (χ0n) is 11.6. The second-order valence-electron chi connectivity index (χ2n) is 4.43. The summed E-state index contributed by atoms with van der Waals surface area (Å²) in [4.78, 5) is 0.230. The number of hydrogen-bond donors (Lipinski definition) is 2. The summed E-state index contributed by atoms with van der Waals surface area (Å²) >= 11 is 1.56. The summed E-state index contributed by atoms with van der Waals surface area (Å²) < 4.78 is 27.0. The lowest BCUT2D eigenvalue weighted by molar-refractivity contribution is 0.581. The highest BCUT2D eigenvalue weighted by Gasteiger charge is 2.14. The zero-order chi connectivity index (χ0) is 15.3. The minimum Gasteiger partial charge on any atom is -0.320 e. The number of nitrogens with one attached hydrogen (secondary N) is 1. The molecule has 2 rings (SSSR count). The average Bonchev–Trinajstić information content (AvgIpc) is 2.89. The van der Waals surface area contributed by atoms with E-state index >= 15 is 0 Å². The van der Waals surface area contributed by atoms with Gasteiger partial charge in [0.15, 0.2) is 0 Å². The Morgan fingerprint density at radius 2 is 1.95 bits per heavy atom. The van der Waals surface area contributed by atoms with Gasteiger partial charge >= 0.3 is 0 Å². The van der Waals surface area contributed by atoms with Crippen LogP contribution in [0.3, 0.4) is 0 Å². The normalized spacial score (nSPS) is 11.0. The topological polar surface area (TPSA) is 72.2 Å². The molecule has 0 fully saturated rings. The van der Waals surface area contributed by atoms with Gasteiger partial charge in [0.25, 0.3) is 0 Å². The minimum atomic E-state index is -3.51. The van der Waals surface area contributed by atoms with Crippen LogP contribution in [0.4, 0.5) is 0 Å². The second-order valence-corrected chi connectivity index (χ2v) is 6.95. The zero-order valence-corrected chi connectivity index (χ0v) is 13.2. The lowest BCUT2D eigenvalue weighted by Gasteiger charge is -2.06. The van der Waals surface area contributed by atoms with Crippen molar-refractivity contribution in [3.63, 3.8) is 0 Å². The summed E-state index contributed by atoms with van der Waals surface area (Å²) in [6.07, 6.45) is 0. The Morgan fingerprint density at radius 3 is 2.52 bits per heavy atom. The molecule has 0 amide bonds. The molecule has 3 N–H and O–H groups in total. The van der Waals surface area contributed by atoms with Crippen LogP contribution < -0.4 is 10.5 Å². The molecule has 21 heavy (non-hydrogen) atoms. The third-order valence-electron chi connectivity index (χ3n) is 2.91. The minimum absolute atomic E-state index is 0.230. The van der Waals surface area contributed by atoms with E-state index in [0.717, 1.165) is 16.7 Å². The van der Waals surface area contributed by atoms with Gasteiger partial charge in [-0.3, -0.25) is 0 Å². The molecule has 0 unspecified atom stereocenters. The van der Waals surface area contributed by atoms with Gasteiger partial charge in [-0.2, -0.15) is 11.3 Å². The number of sulfonamides is 1. The van der Waals surface area contributed by atoms with Crippen molar-refractivity contribution >= 4 is 21.4 Å². The third kappa shape index (κ3) is 4.16. The van der Waals surface area contributed by atoms with Crippen LogP contribution in [0.25, 0.3) is 0 Å². The molecule has 0 aliphatic carbocycles. The number of thiophene rings is 1. The summed E-state index contributed by atoms with van der Waals surface area (Å²) in [5.74, 6) is 5.58. The van der Waals surface area contributed by atoms with E-state index in [9.17, 15) is 8.42 Å². The van der Waals surface area contributed by atoms with Gasteiger partial charge in [-0.05, 0) is 53.1 Å². The van der Waals surface area contributed by atoms with Crippen molar-refractivity contribution < 1.29 is 8.42 Å². The fourth-order valence-corrected chi connectivity index (χ4v) is 3.56. The molecule has 0 bridgehead atoms. The number of benzene rings is 1. The molecule has 1 aromatic carbocycles. The molecular formula is C15H16N2O2S2. The Morgan fingerprint density at radius 1 is 1.24 bits per heavy atom. The number of rotatable bonds is 4. The standard InChI is InChI=1S/C15H16N2O2S2/c1-12-10-20-11-14(12)9-17-21(18,19)15-6-4-13(5-7-15)3-2-8-16/h4-7,10-11,17H,8-9,16H2,1H3. The molecule has 0 spiro atoms. The van der Waals surface area contributed by atoms with Crippen LogP contribution in [0.15, 0.2) is 39.9 Å². The fourth-order valence-electron chi connectivity index (χ4n) is 1.69. The first-order chi connectivity index (χ1) is 10.0. The summed E-state index contributed by atoms with van der Waals surface area (Å²) in [5.41, 5.74) is 8.13. The van der Waals surface area contributed by atoms with E-state index in [1.54, 1.807) is 35.6 Å². The first-order valence-corrected chi connectivity index (χ1v) is 8.76. The van der Waals surface area contributed by atoms with Gasteiger partial charge in [0.2, 0.25) is 10.0 Å². The molecule has 6 heteroatoms. The van der Waals surface area contributed by atoms with Crippen molar-refractivity contribution in [1.29, 1.82) is 0 Å². The maximum Gasteiger partial charge on any atom is 0.240 e. The van der Waals surface area contributed by atoms with E-state index < -0.39 is 10.0 Å². The van der Waals surface area contributed by atoms with Gasteiger partial charge in [-0.1, -0.05) is 11.8 Å². The van der Waals surface area contributed by atoms with Gasteiger partial charge in [-0.25, -0.2) is 13.1 Å². The third-order valence-corrected chi connectivity index (χ3v) is 5.24. The van der Waals surface area contributed by atoms with Gasteiger partial charge in [0, 0.05) is 12.1 Å². The smallest absolute Gasteiger partial charge is 0.240 e. The maximum absolute atomic E-state index is 12.2. The largest absolute Gasteiger partial charge is 0.320 e. The summed E-state index contributed by atoms with van der Waals surface area (Å²) in [6, 6.07) is 6.44. The van der Waals surface area contributed by atoms with Gasteiger partial charge < -0.3 is 5.73 Å². The summed E-state index contributed by atoms with van der Waals surface area (Å²) in [7, 11) is -3.51. The Bertz CT molecular complexity index is 766. The SMILES string of the molecule is Cc1cscc1CNS(=O)(=O)c1ccc(C#CCN)cc1. The Balaban J connectivity index is 2.10. The fraction of sp³-hybridized carbons (Fsp3) is 0.200. The lowest BCUT2D eigenvalue weighted by Crippen LogP contribution is -2.23. The van der Waals surface area contributed by atoms with E-state index in [0.29, 0.717) is 6.54 Å². The molecular weight excluding hydrogens is 304 g/mol. The van der Waals surface area contributed by atoms with Crippen molar-refractivity contribution in [2.24, 2.45) is 5.73 Å². The molecule has 0 atom stereocenters. The first-order valence-electron chi connectivity index (χ1n) is 6.33. The van der Waals surface area contributed by atoms with Crippen LogP contribution in [-0.4, -0.2) is 15.0 Å². The van der Waals surface area contributed by atoms with Crippen molar-refractivity contribution in [2.45, 2.75) is 18.4 Å². The molecule has 1 aromatic heterocycles. The van der Waals surface area contributed by atoms with E-state index in [2.05, 4.69) is 16.6 Å².